The third-order valence-corrected chi connectivity index (χ3v) is 4.78. The molecule has 4 heteroatoms. The molecule has 1 heterocycles. The smallest absolute Gasteiger partial charge is 0.237 e. The minimum atomic E-state index is -0.00319. The fraction of sp³-hybridized carbons (Fsp3) is 0.923. The summed E-state index contributed by atoms with van der Waals surface area (Å²) in [5.74, 6) is 0.173. The molecule has 1 rings (SSSR count). The Balaban J connectivity index is 2.45. The normalized spacial score (nSPS) is 29.0. The van der Waals surface area contributed by atoms with Gasteiger partial charge in [-0.3, -0.25) is 9.69 Å². The van der Waals surface area contributed by atoms with Gasteiger partial charge in [0.1, 0.15) is 0 Å². The number of rotatable bonds is 5. The minimum Gasteiger partial charge on any atom is -0.354 e. The van der Waals surface area contributed by atoms with E-state index in [4.69, 9.17) is 0 Å². The number of hydrogen-bond donors (Lipinski definition) is 1. The van der Waals surface area contributed by atoms with Crippen LogP contribution in [0.1, 0.15) is 40.5 Å². The zero-order chi connectivity index (χ0) is 13.0. The van der Waals surface area contributed by atoms with E-state index in [1.54, 1.807) is 11.8 Å². The number of likely N-dealkylation sites (tertiary alicyclic amines) is 1. The number of nitrogens with zero attached hydrogens (tertiary/aromatic N) is 1. The first-order valence-corrected chi connectivity index (χ1v) is 7.84. The van der Waals surface area contributed by atoms with Crippen LogP contribution in [0.2, 0.25) is 0 Å². The largest absolute Gasteiger partial charge is 0.354 e. The molecule has 1 fully saturated rings. The Kier molecular flexibility index (Phi) is 5.80. The summed E-state index contributed by atoms with van der Waals surface area (Å²) in [7, 11) is 0. The van der Waals surface area contributed by atoms with Crippen LogP contribution in [0.15, 0.2) is 0 Å². The van der Waals surface area contributed by atoms with E-state index in [0.29, 0.717) is 17.3 Å². The lowest BCUT2D eigenvalue weighted by atomic mass is 10.2. The van der Waals surface area contributed by atoms with Gasteiger partial charge < -0.3 is 5.32 Å². The Morgan fingerprint density at radius 1 is 1.35 bits per heavy atom. The summed E-state index contributed by atoms with van der Waals surface area (Å²) in [5.41, 5.74) is 0. The van der Waals surface area contributed by atoms with E-state index in [2.05, 4.69) is 37.2 Å². The molecule has 0 aromatic rings. The maximum absolute atomic E-state index is 12.1. The SMILES string of the molecule is CSC(C)CNC(=O)C(C)N1C(C)CCC1C. The van der Waals surface area contributed by atoms with Gasteiger partial charge in [0, 0.05) is 23.9 Å². The predicted molar refractivity (Wildman–Crippen MR) is 75.4 cm³/mol. The highest BCUT2D eigenvalue weighted by molar-refractivity contribution is 7.99. The number of hydrogen-bond acceptors (Lipinski definition) is 3. The molecule has 0 spiro atoms. The molecular weight excluding hydrogens is 232 g/mol. The fourth-order valence-electron chi connectivity index (χ4n) is 2.59. The van der Waals surface area contributed by atoms with Crippen LogP contribution in [0.25, 0.3) is 0 Å². The highest BCUT2D eigenvalue weighted by Gasteiger charge is 2.34. The van der Waals surface area contributed by atoms with Crippen molar-refractivity contribution in [2.45, 2.75) is 63.9 Å². The molecule has 0 aliphatic carbocycles. The summed E-state index contributed by atoms with van der Waals surface area (Å²) in [6, 6.07) is 1.06. The maximum Gasteiger partial charge on any atom is 0.237 e. The Bertz CT molecular complexity index is 250. The highest BCUT2D eigenvalue weighted by Crippen LogP contribution is 2.25. The van der Waals surface area contributed by atoms with Crippen molar-refractivity contribution < 1.29 is 4.79 Å². The molecule has 1 aliphatic heterocycles. The molecule has 0 radical (unpaired) electrons. The lowest BCUT2D eigenvalue weighted by Gasteiger charge is -2.31. The zero-order valence-electron chi connectivity index (χ0n) is 11.7. The van der Waals surface area contributed by atoms with E-state index >= 15 is 0 Å². The summed E-state index contributed by atoms with van der Waals surface area (Å²) in [4.78, 5) is 14.4. The van der Waals surface area contributed by atoms with Crippen molar-refractivity contribution in [2.75, 3.05) is 12.8 Å². The van der Waals surface area contributed by atoms with Gasteiger partial charge in [0.05, 0.1) is 6.04 Å². The van der Waals surface area contributed by atoms with Crippen molar-refractivity contribution in [3.8, 4) is 0 Å². The van der Waals surface area contributed by atoms with E-state index in [1.165, 1.54) is 12.8 Å². The summed E-state index contributed by atoms with van der Waals surface area (Å²) >= 11 is 1.78. The van der Waals surface area contributed by atoms with Gasteiger partial charge >= 0.3 is 0 Å². The number of carbonyl (C=O) groups excluding carboxylic acids is 1. The second kappa shape index (κ2) is 6.64. The van der Waals surface area contributed by atoms with Gasteiger partial charge in [0.25, 0.3) is 0 Å². The van der Waals surface area contributed by atoms with Crippen LogP contribution < -0.4 is 5.32 Å². The van der Waals surface area contributed by atoms with E-state index in [1.807, 2.05) is 6.92 Å². The molecule has 1 saturated heterocycles. The van der Waals surface area contributed by atoms with Gasteiger partial charge in [-0.05, 0) is 39.9 Å². The first kappa shape index (κ1) is 14.8. The molecule has 3 nitrogen and oxygen atoms in total. The van der Waals surface area contributed by atoms with Crippen LogP contribution in [0, 0.1) is 0 Å². The molecule has 1 N–H and O–H groups in total. The Morgan fingerprint density at radius 3 is 2.35 bits per heavy atom. The molecule has 1 aliphatic rings. The van der Waals surface area contributed by atoms with E-state index < -0.39 is 0 Å². The van der Waals surface area contributed by atoms with E-state index in [-0.39, 0.29) is 11.9 Å². The molecule has 4 atom stereocenters. The monoisotopic (exact) mass is 258 g/mol. The van der Waals surface area contributed by atoms with Gasteiger partial charge in [0.15, 0.2) is 0 Å². The molecule has 100 valence electrons. The summed E-state index contributed by atoms with van der Waals surface area (Å²) in [6.45, 7) is 9.37. The Labute approximate surface area is 110 Å². The van der Waals surface area contributed by atoms with Gasteiger partial charge in [-0.2, -0.15) is 11.8 Å². The quantitative estimate of drug-likeness (QED) is 0.820. The fourth-order valence-corrected chi connectivity index (χ4v) is 2.84. The average Bonchev–Trinajstić information content (AvgIpc) is 2.64. The van der Waals surface area contributed by atoms with Gasteiger partial charge in [0.2, 0.25) is 5.91 Å². The number of nitrogens with one attached hydrogen (secondary N) is 1. The molecule has 0 aromatic heterocycles. The van der Waals surface area contributed by atoms with Crippen molar-refractivity contribution >= 4 is 17.7 Å². The molecule has 4 unspecified atom stereocenters. The standard InChI is InChI=1S/C13H26N2OS/c1-9-6-7-10(2)15(9)12(4)13(16)14-8-11(3)17-5/h9-12H,6-8H2,1-5H3,(H,14,16). The maximum atomic E-state index is 12.1. The third kappa shape index (κ3) is 3.88. The van der Waals surface area contributed by atoms with Crippen molar-refractivity contribution in [2.24, 2.45) is 0 Å². The Hall–Kier alpha value is -0.220. The molecule has 0 saturated carbocycles. The first-order chi connectivity index (χ1) is 7.97. The van der Waals surface area contributed by atoms with Crippen molar-refractivity contribution in [3.63, 3.8) is 0 Å². The molecule has 17 heavy (non-hydrogen) atoms. The van der Waals surface area contributed by atoms with Crippen LogP contribution in [-0.4, -0.2) is 47.0 Å². The van der Waals surface area contributed by atoms with E-state index in [9.17, 15) is 4.79 Å². The molecular formula is C13H26N2OS. The summed E-state index contributed by atoms with van der Waals surface area (Å²) in [6.07, 6.45) is 4.49. The van der Waals surface area contributed by atoms with Gasteiger partial charge in [-0.25, -0.2) is 0 Å². The van der Waals surface area contributed by atoms with Crippen LogP contribution in [0.3, 0.4) is 0 Å². The zero-order valence-corrected chi connectivity index (χ0v) is 12.5. The number of carbonyl (C=O) groups is 1. The second-order valence-electron chi connectivity index (χ2n) is 5.19. The predicted octanol–water partition coefficient (Wildman–Crippen LogP) is 2.12. The van der Waals surface area contributed by atoms with Crippen LogP contribution in [-0.2, 0) is 4.79 Å². The van der Waals surface area contributed by atoms with Gasteiger partial charge in [-0.15, -0.1) is 0 Å². The summed E-state index contributed by atoms with van der Waals surface area (Å²) in [5, 5.41) is 3.54. The number of thioether (sulfide) groups is 1. The lowest BCUT2D eigenvalue weighted by molar-refractivity contribution is -0.126. The summed E-state index contributed by atoms with van der Waals surface area (Å²) < 4.78 is 0. The Morgan fingerprint density at radius 2 is 1.88 bits per heavy atom. The first-order valence-electron chi connectivity index (χ1n) is 6.55. The molecule has 1 amide bonds. The second-order valence-corrected chi connectivity index (χ2v) is 6.47. The molecule has 0 aromatic carbocycles. The highest BCUT2D eigenvalue weighted by atomic mass is 32.2. The third-order valence-electron chi connectivity index (χ3n) is 3.81. The molecule has 0 bridgehead atoms. The van der Waals surface area contributed by atoms with Crippen molar-refractivity contribution in [3.05, 3.63) is 0 Å². The van der Waals surface area contributed by atoms with Crippen molar-refractivity contribution in [1.29, 1.82) is 0 Å². The van der Waals surface area contributed by atoms with Crippen molar-refractivity contribution in [1.82, 2.24) is 10.2 Å². The van der Waals surface area contributed by atoms with Crippen LogP contribution >= 0.6 is 11.8 Å². The average molecular weight is 258 g/mol. The van der Waals surface area contributed by atoms with Crippen LogP contribution in [0.5, 0.6) is 0 Å². The van der Waals surface area contributed by atoms with E-state index in [0.717, 1.165) is 6.54 Å². The van der Waals surface area contributed by atoms with Crippen LogP contribution in [0.4, 0.5) is 0 Å². The van der Waals surface area contributed by atoms with Gasteiger partial charge in [-0.1, -0.05) is 6.92 Å². The lowest BCUT2D eigenvalue weighted by Crippen LogP contribution is -2.49. The topological polar surface area (TPSA) is 32.3 Å². The number of amides is 1. The minimum absolute atomic E-state index is 0.00319.